The summed E-state index contributed by atoms with van der Waals surface area (Å²) in [5.41, 5.74) is 5.06. The van der Waals surface area contributed by atoms with Crippen LogP contribution in [0.15, 0.2) is 0 Å². The van der Waals surface area contributed by atoms with Crippen LogP contribution in [0.3, 0.4) is 0 Å². The summed E-state index contributed by atoms with van der Waals surface area (Å²) in [6, 6.07) is 0. The Morgan fingerprint density at radius 3 is 2.62 bits per heavy atom. The molecule has 2 N–H and O–H groups in total. The maximum atomic E-state index is 11.7. The first kappa shape index (κ1) is 13.4. The molecule has 94 valence electrons. The number of carbonyl (C=O) groups is 1. The number of nitrogens with two attached hydrogens (primary N) is 1. The molecule has 0 spiro atoms. The Morgan fingerprint density at radius 2 is 2.19 bits per heavy atom. The van der Waals surface area contributed by atoms with E-state index in [2.05, 4.69) is 4.74 Å². The van der Waals surface area contributed by atoms with Gasteiger partial charge in [0.15, 0.2) is 9.84 Å². The van der Waals surface area contributed by atoms with Crippen LogP contribution in [0.4, 0.5) is 0 Å². The van der Waals surface area contributed by atoms with E-state index >= 15 is 0 Å². The molecule has 0 amide bonds. The van der Waals surface area contributed by atoms with E-state index in [1.807, 2.05) is 0 Å². The summed E-state index contributed by atoms with van der Waals surface area (Å²) < 4.78 is 28.0. The van der Waals surface area contributed by atoms with E-state index < -0.39 is 20.5 Å². The molecule has 2 atom stereocenters. The van der Waals surface area contributed by atoms with Crippen LogP contribution < -0.4 is 5.73 Å². The Labute approximate surface area is 96.3 Å². The number of rotatable bonds is 4. The summed E-state index contributed by atoms with van der Waals surface area (Å²) in [7, 11) is -1.86. The number of sulfone groups is 1. The van der Waals surface area contributed by atoms with Crippen molar-refractivity contribution in [2.75, 3.05) is 19.9 Å². The molecule has 5 nitrogen and oxygen atoms in total. The molecule has 0 radical (unpaired) electrons. The largest absolute Gasteiger partial charge is 0.469 e. The fraction of sp³-hybridized carbons (Fsp3) is 0.900. The minimum atomic E-state index is -3.16. The van der Waals surface area contributed by atoms with Crippen LogP contribution in [0.2, 0.25) is 0 Å². The molecule has 0 aromatic rings. The highest BCUT2D eigenvalue weighted by Gasteiger charge is 2.48. The first-order valence-corrected chi connectivity index (χ1v) is 7.27. The second kappa shape index (κ2) is 4.71. The zero-order valence-electron chi connectivity index (χ0n) is 9.73. The Kier molecular flexibility index (Phi) is 3.96. The molecule has 1 saturated carbocycles. The smallest absolute Gasteiger partial charge is 0.306 e. The van der Waals surface area contributed by atoms with Crippen molar-refractivity contribution < 1.29 is 17.9 Å². The van der Waals surface area contributed by atoms with E-state index in [4.69, 9.17) is 5.73 Å². The quantitative estimate of drug-likeness (QED) is 0.714. The van der Waals surface area contributed by atoms with Crippen molar-refractivity contribution in [3.8, 4) is 0 Å². The number of ether oxygens (including phenoxy) is 1. The van der Waals surface area contributed by atoms with E-state index in [9.17, 15) is 13.2 Å². The van der Waals surface area contributed by atoms with E-state index in [-0.39, 0.29) is 18.9 Å². The van der Waals surface area contributed by atoms with Crippen molar-refractivity contribution in [1.29, 1.82) is 0 Å². The molecule has 0 aromatic heterocycles. The molecule has 1 fully saturated rings. The normalized spacial score (nSPS) is 30.3. The van der Waals surface area contributed by atoms with Crippen LogP contribution in [0.25, 0.3) is 0 Å². The molecule has 0 saturated heterocycles. The van der Waals surface area contributed by atoms with Gasteiger partial charge < -0.3 is 10.5 Å². The van der Waals surface area contributed by atoms with Crippen LogP contribution in [-0.2, 0) is 19.4 Å². The summed E-state index contributed by atoms with van der Waals surface area (Å²) in [5.74, 6) is -0.388. The van der Waals surface area contributed by atoms with Gasteiger partial charge in [0.2, 0.25) is 0 Å². The summed E-state index contributed by atoms with van der Waals surface area (Å²) >= 11 is 0. The lowest BCUT2D eigenvalue weighted by atomic mass is 9.82. The molecule has 0 bridgehead atoms. The topological polar surface area (TPSA) is 86.5 Å². The number of carbonyl (C=O) groups excluding carboxylic acids is 1. The maximum Gasteiger partial charge on any atom is 0.306 e. The first-order valence-electron chi connectivity index (χ1n) is 5.31. The van der Waals surface area contributed by atoms with Gasteiger partial charge in [-0.05, 0) is 19.4 Å². The molecule has 0 aliphatic heterocycles. The highest BCUT2D eigenvalue weighted by molar-refractivity contribution is 7.91. The minimum Gasteiger partial charge on any atom is -0.469 e. The molecule has 0 aromatic carbocycles. The second-order valence-corrected chi connectivity index (χ2v) is 6.76. The molecule has 1 rings (SSSR count). The fourth-order valence-corrected chi connectivity index (χ4v) is 4.44. The van der Waals surface area contributed by atoms with E-state index in [1.165, 1.54) is 13.4 Å². The number of methoxy groups -OCH3 is 1. The zero-order valence-corrected chi connectivity index (χ0v) is 10.5. The Balaban J connectivity index is 2.97. The van der Waals surface area contributed by atoms with Crippen molar-refractivity contribution in [1.82, 2.24) is 0 Å². The van der Waals surface area contributed by atoms with E-state index in [0.717, 1.165) is 6.42 Å². The first-order chi connectivity index (χ1) is 7.35. The SMILES string of the molecule is COC(=O)CC1(CN)CCCC1S(C)(=O)=O. The average Bonchev–Trinajstić information content (AvgIpc) is 2.61. The third kappa shape index (κ3) is 2.55. The van der Waals surface area contributed by atoms with Crippen LogP contribution in [0, 0.1) is 5.41 Å². The van der Waals surface area contributed by atoms with Gasteiger partial charge in [0.05, 0.1) is 18.8 Å². The van der Waals surface area contributed by atoms with E-state index in [1.54, 1.807) is 0 Å². The highest BCUT2D eigenvalue weighted by Crippen LogP contribution is 2.44. The number of esters is 1. The molecular weight excluding hydrogens is 230 g/mol. The van der Waals surface area contributed by atoms with Crippen molar-refractivity contribution in [2.45, 2.75) is 30.9 Å². The van der Waals surface area contributed by atoms with E-state index in [0.29, 0.717) is 12.8 Å². The summed E-state index contributed by atoms with van der Waals surface area (Å²) in [5, 5.41) is -0.510. The standard InChI is InChI=1S/C10H19NO4S/c1-15-9(12)6-10(7-11)5-3-4-8(10)16(2,13)14/h8H,3-7,11H2,1-2H3. The molecule has 1 aliphatic carbocycles. The molecule has 1 aliphatic rings. The van der Waals surface area contributed by atoms with Crippen LogP contribution >= 0.6 is 0 Å². The van der Waals surface area contributed by atoms with Crippen LogP contribution in [0.1, 0.15) is 25.7 Å². The van der Waals surface area contributed by atoms with Crippen molar-refractivity contribution >= 4 is 15.8 Å². The van der Waals surface area contributed by atoms with Gasteiger partial charge in [-0.15, -0.1) is 0 Å². The predicted octanol–water partition coefficient (Wildman–Crippen LogP) is 0.0917. The van der Waals surface area contributed by atoms with Gasteiger partial charge in [-0.2, -0.15) is 0 Å². The van der Waals surface area contributed by atoms with Crippen LogP contribution in [0.5, 0.6) is 0 Å². The van der Waals surface area contributed by atoms with Gasteiger partial charge in [-0.1, -0.05) is 6.42 Å². The molecule has 6 heteroatoms. The lowest BCUT2D eigenvalue weighted by Crippen LogP contribution is -2.43. The zero-order chi connectivity index (χ0) is 12.4. The lowest BCUT2D eigenvalue weighted by molar-refractivity contribution is -0.143. The molecular formula is C10H19NO4S. The Hall–Kier alpha value is -0.620. The monoisotopic (exact) mass is 249 g/mol. The predicted molar refractivity (Wildman–Crippen MR) is 60.6 cm³/mol. The summed E-state index contributed by atoms with van der Waals surface area (Å²) in [6.45, 7) is 0.208. The minimum absolute atomic E-state index is 0.0950. The molecule has 16 heavy (non-hydrogen) atoms. The number of hydrogen-bond acceptors (Lipinski definition) is 5. The lowest BCUT2D eigenvalue weighted by Gasteiger charge is -2.32. The highest BCUT2D eigenvalue weighted by atomic mass is 32.2. The average molecular weight is 249 g/mol. The van der Waals surface area contributed by atoms with Gasteiger partial charge in [0, 0.05) is 11.7 Å². The maximum absolute atomic E-state index is 11.7. The fourth-order valence-electron chi connectivity index (χ4n) is 2.64. The second-order valence-electron chi connectivity index (χ2n) is 4.53. The van der Waals surface area contributed by atoms with Crippen molar-refractivity contribution in [2.24, 2.45) is 11.1 Å². The third-order valence-electron chi connectivity index (χ3n) is 3.47. The molecule has 0 heterocycles. The molecule has 2 unspecified atom stereocenters. The summed E-state index contributed by atoms with van der Waals surface area (Å²) in [6.07, 6.45) is 3.37. The van der Waals surface area contributed by atoms with Gasteiger partial charge in [-0.25, -0.2) is 8.42 Å². The van der Waals surface area contributed by atoms with Crippen LogP contribution in [-0.4, -0.2) is 39.5 Å². The number of hydrogen-bond donors (Lipinski definition) is 1. The van der Waals surface area contributed by atoms with Crippen molar-refractivity contribution in [3.63, 3.8) is 0 Å². The Morgan fingerprint density at radius 1 is 1.56 bits per heavy atom. The summed E-state index contributed by atoms with van der Waals surface area (Å²) in [4.78, 5) is 11.3. The van der Waals surface area contributed by atoms with Gasteiger partial charge in [0.1, 0.15) is 0 Å². The van der Waals surface area contributed by atoms with Gasteiger partial charge >= 0.3 is 5.97 Å². The van der Waals surface area contributed by atoms with Gasteiger partial charge in [0.25, 0.3) is 0 Å². The van der Waals surface area contributed by atoms with Gasteiger partial charge in [-0.3, -0.25) is 4.79 Å². The third-order valence-corrected chi connectivity index (χ3v) is 5.24. The Bertz CT molecular complexity index is 365. The van der Waals surface area contributed by atoms with Crippen molar-refractivity contribution in [3.05, 3.63) is 0 Å².